The molecule has 0 aliphatic carbocycles. The lowest BCUT2D eigenvalue weighted by molar-refractivity contribution is -0.131. The van der Waals surface area contributed by atoms with Gasteiger partial charge >= 0.3 is 0 Å². The second-order valence-electron chi connectivity index (χ2n) is 16.3. The lowest BCUT2D eigenvalue weighted by Gasteiger charge is -2.19. The Labute approximate surface area is 389 Å². The van der Waals surface area contributed by atoms with Gasteiger partial charge in [0.05, 0.1) is 0 Å². The molecule has 0 N–H and O–H groups in total. The van der Waals surface area contributed by atoms with Gasteiger partial charge < -0.3 is 19.6 Å². The van der Waals surface area contributed by atoms with E-state index in [0.29, 0.717) is 78.0 Å². The van der Waals surface area contributed by atoms with E-state index >= 15 is 0 Å². The Morgan fingerprint density at radius 1 is 0.238 bits per heavy atom. The Hall–Kier alpha value is -4.20. The van der Waals surface area contributed by atoms with Crippen LogP contribution >= 0.6 is 0 Å². The van der Waals surface area contributed by atoms with E-state index < -0.39 is 0 Å². The Kier molecular flexibility index (Phi) is 48.9. The van der Waals surface area contributed by atoms with Crippen LogP contribution in [-0.2, 0) is 19.2 Å². The summed E-state index contributed by atoms with van der Waals surface area (Å²) >= 11 is 0. The summed E-state index contributed by atoms with van der Waals surface area (Å²) in [7, 11) is 0. The standard InChI is InChI=1S/C32H56N2O2.C22H36N2O2.CH4/c1-5-27-33(28-6-2)31(35)25-23-21-19-17-15-13-11-9-10-12-14-16-18-20-22-24-26-32(36)34(29-7-3)30-8-4;1-5-17-23(18-6-2)21(25)15-13-11-9-10-12-14-16-22(26)24(19-7-3)20-8-4;/h5-8H,1-4,9-30H2;5-8H,1-4,9-20H2;1H4. The number of rotatable bonds is 44. The summed E-state index contributed by atoms with van der Waals surface area (Å²) in [4.78, 5) is 55.7. The van der Waals surface area contributed by atoms with Crippen molar-refractivity contribution in [3.05, 3.63) is 101 Å². The molecule has 0 aliphatic heterocycles. The molecule has 8 heteroatoms. The molecular weight excluding hydrogens is 781 g/mol. The van der Waals surface area contributed by atoms with E-state index in [0.717, 1.165) is 64.2 Å². The minimum Gasteiger partial charge on any atom is -0.335 e. The van der Waals surface area contributed by atoms with E-state index in [9.17, 15) is 19.2 Å². The van der Waals surface area contributed by atoms with Crippen LogP contribution in [0.5, 0.6) is 0 Å². The summed E-state index contributed by atoms with van der Waals surface area (Å²) in [5.74, 6) is 0.772. The minimum atomic E-state index is 0. The highest BCUT2D eigenvalue weighted by Crippen LogP contribution is 2.16. The third-order valence-corrected chi connectivity index (χ3v) is 10.8. The average molecular weight is 877 g/mol. The Balaban J connectivity index is -0.00000118. The van der Waals surface area contributed by atoms with Gasteiger partial charge in [-0.3, -0.25) is 19.2 Å². The lowest BCUT2D eigenvalue weighted by atomic mass is 10.0. The molecule has 0 heterocycles. The van der Waals surface area contributed by atoms with Crippen molar-refractivity contribution in [2.24, 2.45) is 0 Å². The van der Waals surface area contributed by atoms with Gasteiger partial charge in [0.2, 0.25) is 23.6 Å². The van der Waals surface area contributed by atoms with E-state index in [2.05, 4.69) is 52.6 Å². The van der Waals surface area contributed by atoms with Crippen LogP contribution in [0.4, 0.5) is 0 Å². The summed E-state index contributed by atoms with van der Waals surface area (Å²) in [6, 6.07) is 0. The normalized spacial score (nSPS) is 10.2. The van der Waals surface area contributed by atoms with Crippen LogP contribution in [0.1, 0.15) is 174 Å². The summed E-state index contributed by atoms with van der Waals surface area (Å²) < 4.78 is 0. The predicted octanol–water partition coefficient (Wildman–Crippen LogP) is 13.6. The van der Waals surface area contributed by atoms with Gasteiger partial charge in [0, 0.05) is 78.0 Å². The van der Waals surface area contributed by atoms with E-state index in [1.807, 2.05) is 9.80 Å². The maximum atomic E-state index is 12.2. The molecule has 0 aliphatic rings. The SMILES string of the molecule is C.C=CCN(CC=C)C(=O)CCCCCCCCC(=O)N(CC=C)CC=C.C=CCN(CC=C)C(=O)CCCCCCCCCCCCCCCCCCC(=O)N(CC=C)CC=C. The molecule has 0 aromatic rings. The largest absolute Gasteiger partial charge is 0.335 e. The van der Waals surface area contributed by atoms with Gasteiger partial charge in [-0.2, -0.15) is 0 Å². The van der Waals surface area contributed by atoms with Crippen molar-refractivity contribution in [2.75, 3.05) is 52.4 Å². The Bertz CT molecular complexity index is 1110. The fourth-order valence-electron chi connectivity index (χ4n) is 7.28. The highest BCUT2D eigenvalue weighted by Gasteiger charge is 2.13. The maximum Gasteiger partial charge on any atom is 0.223 e. The molecular formula is C55H96N4O4. The van der Waals surface area contributed by atoms with Crippen molar-refractivity contribution in [1.29, 1.82) is 0 Å². The molecule has 0 unspecified atom stereocenters. The van der Waals surface area contributed by atoms with Crippen molar-refractivity contribution in [2.45, 2.75) is 174 Å². The van der Waals surface area contributed by atoms with Crippen LogP contribution < -0.4 is 0 Å². The van der Waals surface area contributed by atoms with Gasteiger partial charge in [0.15, 0.2) is 0 Å². The summed E-state index contributed by atoms with van der Waals surface area (Å²) in [6.45, 7) is 34.4. The number of nitrogens with zero attached hydrogens (tertiary/aromatic N) is 4. The third-order valence-electron chi connectivity index (χ3n) is 10.8. The van der Waals surface area contributed by atoms with Crippen LogP contribution in [0, 0.1) is 0 Å². The Morgan fingerprint density at radius 3 is 0.460 bits per heavy atom. The Morgan fingerprint density at radius 2 is 0.349 bits per heavy atom. The average Bonchev–Trinajstić information content (AvgIpc) is 3.26. The molecule has 0 radical (unpaired) electrons. The number of hydrogen-bond donors (Lipinski definition) is 0. The van der Waals surface area contributed by atoms with E-state index in [4.69, 9.17) is 0 Å². The molecule has 0 fully saturated rings. The molecule has 8 nitrogen and oxygen atoms in total. The van der Waals surface area contributed by atoms with Gasteiger partial charge in [-0.15, -0.1) is 52.6 Å². The molecule has 0 aromatic heterocycles. The van der Waals surface area contributed by atoms with E-state index in [1.54, 1.807) is 58.4 Å². The highest BCUT2D eigenvalue weighted by molar-refractivity contribution is 5.77. The first kappa shape index (κ1) is 63.1. The van der Waals surface area contributed by atoms with E-state index in [-0.39, 0.29) is 31.1 Å². The number of carbonyl (C=O) groups is 4. The molecule has 360 valence electrons. The van der Waals surface area contributed by atoms with Crippen molar-refractivity contribution in [3.63, 3.8) is 0 Å². The fourth-order valence-corrected chi connectivity index (χ4v) is 7.28. The molecule has 0 rings (SSSR count). The molecule has 0 spiro atoms. The third kappa shape index (κ3) is 39.2. The van der Waals surface area contributed by atoms with Gasteiger partial charge in [-0.1, -0.05) is 172 Å². The van der Waals surface area contributed by atoms with Gasteiger partial charge in [0.25, 0.3) is 0 Å². The van der Waals surface area contributed by atoms with Gasteiger partial charge in [-0.05, 0) is 25.7 Å². The quantitative estimate of drug-likeness (QED) is 0.0451. The zero-order valence-corrected chi connectivity index (χ0v) is 39.7. The molecule has 0 atom stereocenters. The van der Waals surface area contributed by atoms with Crippen molar-refractivity contribution >= 4 is 23.6 Å². The molecule has 0 aromatic carbocycles. The molecule has 4 amide bonds. The first-order chi connectivity index (χ1) is 30.2. The first-order valence-electron chi connectivity index (χ1n) is 24.2. The van der Waals surface area contributed by atoms with Crippen molar-refractivity contribution < 1.29 is 19.2 Å². The zero-order valence-electron chi connectivity index (χ0n) is 39.7. The molecule has 0 saturated carbocycles. The number of unbranched alkanes of at least 4 members (excludes halogenated alkanes) is 20. The zero-order chi connectivity index (χ0) is 46.3. The van der Waals surface area contributed by atoms with Gasteiger partial charge in [0.1, 0.15) is 0 Å². The summed E-state index contributed by atoms with van der Waals surface area (Å²) in [6.07, 6.45) is 42.8. The molecule has 63 heavy (non-hydrogen) atoms. The van der Waals surface area contributed by atoms with Crippen LogP contribution in [-0.4, -0.2) is 95.6 Å². The van der Waals surface area contributed by atoms with Crippen LogP contribution in [0.2, 0.25) is 0 Å². The smallest absolute Gasteiger partial charge is 0.223 e. The monoisotopic (exact) mass is 877 g/mol. The second-order valence-corrected chi connectivity index (χ2v) is 16.3. The molecule has 0 bridgehead atoms. The fraction of sp³-hybridized carbons (Fsp3) is 0.636. The summed E-state index contributed by atoms with van der Waals surface area (Å²) in [5.41, 5.74) is 0. The second kappa shape index (κ2) is 48.8. The van der Waals surface area contributed by atoms with Crippen LogP contribution in [0.15, 0.2) is 101 Å². The lowest BCUT2D eigenvalue weighted by Crippen LogP contribution is -2.31. The molecule has 0 saturated heterocycles. The van der Waals surface area contributed by atoms with Gasteiger partial charge in [-0.25, -0.2) is 0 Å². The predicted molar refractivity (Wildman–Crippen MR) is 275 cm³/mol. The number of carbonyl (C=O) groups excluding carboxylic acids is 4. The first-order valence-corrected chi connectivity index (χ1v) is 24.2. The van der Waals surface area contributed by atoms with Crippen LogP contribution in [0.25, 0.3) is 0 Å². The number of hydrogen-bond acceptors (Lipinski definition) is 4. The van der Waals surface area contributed by atoms with Crippen molar-refractivity contribution in [3.8, 4) is 0 Å². The maximum absolute atomic E-state index is 12.2. The van der Waals surface area contributed by atoms with Crippen LogP contribution in [0.3, 0.4) is 0 Å². The van der Waals surface area contributed by atoms with Crippen molar-refractivity contribution in [1.82, 2.24) is 19.6 Å². The minimum absolute atomic E-state index is 0. The van der Waals surface area contributed by atoms with E-state index in [1.165, 1.54) is 77.0 Å². The summed E-state index contributed by atoms with van der Waals surface area (Å²) in [5, 5.41) is 0. The highest BCUT2D eigenvalue weighted by atomic mass is 16.2. The topological polar surface area (TPSA) is 81.2 Å². The number of amides is 4.